The summed E-state index contributed by atoms with van der Waals surface area (Å²) in [5.41, 5.74) is 6.95. The molecule has 4 aliphatic rings. The molecule has 4 fully saturated rings. The van der Waals surface area contributed by atoms with E-state index in [1.165, 1.54) is 37.8 Å². The van der Waals surface area contributed by atoms with Gasteiger partial charge in [0.15, 0.2) is 0 Å². The van der Waals surface area contributed by atoms with Crippen molar-refractivity contribution in [2.75, 3.05) is 16.4 Å². The number of hydrogen-bond donors (Lipinski definition) is 2. The molecule has 4 bridgehead atoms. The number of sulfonamides is 1. The lowest BCUT2D eigenvalue weighted by molar-refractivity contribution is 0.108. The van der Waals surface area contributed by atoms with Crippen molar-refractivity contribution in [1.29, 1.82) is 0 Å². The summed E-state index contributed by atoms with van der Waals surface area (Å²) in [4.78, 5) is 4.65. The predicted octanol–water partition coefficient (Wildman–Crippen LogP) is 4.41. The molecule has 6 nitrogen and oxygen atoms in total. The third-order valence-corrected chi connectivity index (χ3v) is 7.60. The maximum Gasteiger partial charge on any atom is 0.229 e. The second-order valence-electron chi connectivity index (χ2n) is 8.44. The van der Waals surface area contributed by atoms with E-state index in [2.05, 4.69) is 15.1 Å². The zero-order valence-electron chi connectivity index (χ0n) is 15.8. The van der Waals surface area contributed by atoms with Gasteiger partial charge in [-0.1, -0.05) is 12.1 Å². The van der Waals surface area contributed by atoms with Crippen molar-refractivity contribution >= 4 is 37.9 Å². The highest BCUT2D eigenvalue weighted by molar-refractivity contribution is 7.92. The van der Waals surface area contributed by atoms with Crippen molar-refractivity contribution in [3.63, 3.8) is 0 Å². The molecular weight excluding hydrogens is 392 g/mol. The van der Waals surface area contributed by atoms with Gasteiger partial charge in [0, 0.05) is 22.3 Å². The van der Waals surface area contributed by atoms with E-state index in [0.29, 0.717) is 17.5 Å². The SMILES string of the molecule is CS(=O)(=O)Nc1ccc(-c2csc(NN=C3C4CC5CC(C4)CC3C5)n2)cc1. The summed E-state index contributed by atoms with van der Waals surface area (Å²) >= 11 is 1.54. The molecule has 0 spiro atoms. The van der Waals surface area contributed by atoms with Crippen LogP contribution in [-0.2, 0) is 10.0 Å². The Labute approximate surface area is 169 Å². The largest absolute Gasteiger partial charge is 0.284 e. The third kappa shape index (κ3) is 3.67. The number of nitrogens with zero attached hydrogens (tertiary/aromatic N) is 2. The van der Waals surface area contributed by atoms with E-state index in [-0.39, 0.29) is 0 Å². The molecule has 0 atom stereocenters. The molecule has 1 aromatic carbocycles. The average Bonchev–Trinajstić information content (AvgIpc) is 3.09. The summed E-state index contributed by atoms with van der Waals surface area (Å²) < 4.78 is 25.1. The number of thiazole rings is 1. The fourth-order valence-corrected chi connectivity index (χ4v) is 6.57. The number of nitrogens with one attached hydrogen (secondary N) is 2. The third-order valence-electron chi connectivity index (χ3n) is 6.24. The van der Waals surface area contributed by atoms with Crippen molar-refractivity contribution in [3.05, 3.63) is 29.6 Å². The first-order valence-corrected chi connectivity index (χ1v) is 12.6. The maximum absolute atomic E-state index is 11.3. The minimum absolute atomic E-state index is 0.549. The van der Waals surface area contributed by atoms with E-state index >= 15 is 0 Å². The van der Waals surface area contributed by atoms with Crippen LogP contribution in [0.5, 0.6) is 0 Å². The smallest absolute Gasteiger partial charge is 0.229 e. The van der Waals surface area contributed by atoms with Gasteiger partial charge in [-0.25, -0.2) is 13.4 Å². The molecular formula is C20H24N4O2S2. The van der Waals surface area contributed by atoms with Crippen LogP contribution in [0.3, 0.4) is 0 Å². The Morgan fingerprint density at radius 1 is 1.04 bits per heavy atom. The zero-order chi connectivity index (χ0) is 19.3. The van der Waals surface area contributed by atoms with Crippen LogP contribution in [0.1, 0.15) is 32.1 Å². The summed E-state index contributed by atoms with van der Waals surface area (Å²) in [6.45, 7) is 0. The van der Waals surface area contributed by atoms with Crippen LogP contribution < -0.4 is 10.1 Å². The molecule has 28 heavy (non-hydrogen) atoms. The van der Waals surface area contributed by atoms with E-state index in [1.54, 1.807) is 23.5 Å². The van der Waals surface area contributed by atoms with E-state index in [4.69, 9.17) is 5.10 Å². The topological polar surface area (TPSA) is 83.5 Å². The lowest BCUT2D eigenvalue weighted by atomic mass is 9.55. The van der Waals surface area contributed by atoms with Crippen LogP contribution in [-0.4, -0.2) is 25.4 Å². The van der Waals surface area contributed by atoms with Gasteiger partial charge < -0.3 is 0 Å². The molecule has 0 unspecified atom stereocenters. The minimum atomic E-state index is -3.26. The number of hydrogen-bond acceptors (Lipinski definition) is 6. The van der Waals surface area contributed by atoms with Crippen LogP contribution >= 0.6 is 11.3 Å². The zero-order valence-corrected chi connectivity index (χ0v) is 17.4. The summed E-state index contributed by atoms with van der Waals surface area (Å²) in [5.74, 6) is 3.23. The maximum atomic E-state index is 11.3. The predicted molar refractivity (Wildman–Crippen MR) is 114 cm³/mol. The van der Waals surface area contributed by atoms with Gasteiger partial charge in [-0.05, 0) is 67.9 Å². The van der Waals surface area contributed by atoms with Gasteiger partial charge in [-0.3, -0.25) is 10.1 Å². The standard InChI is InChI=1S/C20H24N4O2S2/c1-28(25,26)24-17-4-2-14(3-5-17)18-11-27-20(21-18)23-22-19-15-7-12-6-13(9-15)10-16(19)8-12/h2-5,11-13,15-16,24H,6-10H2,1H3,(H,21,23). The number of rotatable bonds is 5. The van der Waals surface area contributed by atoms with Gasteiger partial charge >= 0.3 is 0 Å². The molecule has 1 aromatic heterocycles. The van der Waals surface area contributed by atoms with Crippen molar-refractivity contribution in [2.45, 2.75) is 32.1 Å². The molecule has 0 amide bonds. The monoisotopic (exact) mass is 416 g/mol. The van der Waals surface area contributed by atoms with Crippen LogP contribution in [0.2, 0.25) is 0 Å². The second kappa shape index (κ2) is 6.84. The molecule has 148 valence electrons. The molecule has 2 aromatic rings. The second-order valence-corrected chi connectivity index (χ2v) is 11.0. The normalized spacial score (nSPS) is 28.4. The van der Waals surface area contributed by atoms with Gasteiger partial charge in [0.25, 0.3) is 0 Å². The van der Waals surface area contributed by atoms with E-state index < -0.39 is 10.0 Å². The fraction of sp³-hybridized carbons (Fsp3) is 0.500. The molecule has 0 aliphatic heterocycles. The lowest BCUT2D eigenvalue weighted by Gasteiger charge is -2.50. The number of benzene rings is 1. The van der Waals surface area contributed by atoms with Gasteiger partial charge in [0.05, 0.1) is 11.9 Å². The quantitative estimate of drug-likeness (QED) is 0.708. The van der Waals surface area contributed by atoms with E-state index in [0.717, 1.165) is 34.5 Å². The van der Waals surface area contributed by atoms with E-state index in [9.17, 15) is 8.42 Å². The van der Waals surface area contributed by atoms with Crippen LogP contribution in [0.25, 0.3) is 11.3 Å². The van der Waals surface area contributed by atoms with Crippen LogP contribution in [0.4, 0.5) is 10.8 Å². The molecule has 4 aliphatic carbocycles. The summed E-state index contributed by atoms with van der Waals surface area (Å²) in [7, 11) is -3.26. The highest BCUT2D eigenvalue weighted by Crippen LogP contribution is 2.52. The molecule has 8 heteroatoms. The summed E-state index contributed by atoms with van der Waals surface area (Å²) in [5, 5.41) is 7.59. The average molecular weight is 417 g/mol. The summed E-state index contributed by atoms with van der Waals surface area (Å²) in [6, 6.07) is 7.24. The Bertz CT molecular complexity index is 981. The van der Waals surface area contributed by atoms with Gasteiger partial charge in [-0.15, -0.1) is 11.3 Å². The first-order valence-electron chi connectivity index (χ1n) is 9.80. The molecule has 1 heterocycles. The fourth-order valence-electron chi connectivity index (χ4n) is 5.34. The number of aromatic nitrogens is 1. The minimum Gasteiger partial charge on any atom is -0.284 e. The Morgan fingerprint density at radius 2 is 1.68 bits per heavy atom. The summed E-state index contributed by atoms with van der Waals surface area (Å²) in [6.07, 6.45) is 7.89. The van der Waals surface area contributed by atoms with Crippen LogP contribution in [0.15, 0.2) is 34.7 Å². The van der Waals surface area contributed by atoms with Crippen molar-refractivity contribution in [2.24, 2.45) is 28.8 Å². The molecule has 0 radical (unpaired) electrons. The van der Waals surface area contributed by atoms with Crippen molar-refractivity contribution in [3.8, 4) is 11.3 Å². The highest BCUT2D eigenvalue weighted by atomic mass is 32.2. The Hall–Kier alpha value is -1.93. The van der Waals surface area contributed by atoms with Crippen LogP contribution in [0, 0.1) is 23.7 Å². The van der Waals surface area contributed by atoms with Crippen molar-refractivity contribution in [1.82, 2.24) is 4.98 Å². The molecule has 2 N–H and O–H groups in total. The van der Waals surface area contributed by atoms with E-state index in [1.807, 2.05) is 17.5 Å². The molecule has 6 rings (SSSR count). The Kier molecular flexibility index (Phi) is 4.43. The first kappa shape index (κ1) is 18.1. The molecule has 0 saturated heterocycles. The van der Waals surface area contributed by atoms with Gasteiger partial charge in [-0.2, -0.15) is 5.10 Å². The Morgan fingerprint density at radius 3 is 2.29 bits per heavy atom. The lowest BCUT2D eigenvalue weighted by Crippen LogP contribution is -2.45. The first-order chi connectivity index (χ1) is 13.4. The Balaban J connectivity index is 1.28. The van der Waals surface area contributed by atoms with Gasteiger partial charge in [0.2, 0.25) is 15.2 Å². The van der Waals surface area contributed by atoms with Gasteiger partial charge in [0.1, 0.15) is 0 Å². The van der Waals surface area contributed by atoms with Crippen molar-refractivity contribution < 1.29 is 8.42 Å². The highest BCUT2D eigenvalue weighted by Gasteiger charge is 2.46. The molecule has 4 saturated carbocycles. The number of hydrazone groups is 1. The number of anilines is 2.